The van der Waals surface area contributed by atoms with Crippen LogP contribution in [0.15, 0.2) is 30.5 Å². The summed E-state index contributed by atoms with van der Waals surface area (Å²) >= 11 is 0. The van der Waals surface area contributed by atoms with Crippen molar-refractivity contribution in [2.75, 3.05) is 23.8 Å². The van der Waals surface area contributed by atoms with E-state index in [4.69, 9.17) is 0 Å². The minimum Gasteiger partial charge on any atom is -0.354 e. The molecule has 0 unspecified atom stereocenters. The van der Waals surface area contributed by atoms with E-state index < -0.39 is 0 Å². The van der Waals surface area contributed by atoms with Gasteiger partial charge in [0.25, 0.3) is 0 Å². The third kappa shape index (κ3) is 3.02. The normalized spacial score (nSPS) is 10.3. The molecule has 0 saturated heterocycles. The Bertz CT molecular complexity index is 566. The van der Waals surface area contributed by atoms with Crippen LogP contribution in [-0.4, -0.2) is 23.6 Å². The van der Waals surface area contributed by atoms with Crippen LogP contribution in [0.25, 0.3) is 0 Å². The molecule has 2 rings (SSSR count). The van der Waals surface area contributed by atoms with Crippen LogP contribution in [0.4, 0.5) is 17.5 Å². The summed E-state index contributed by atoms with van der Waals surface area (Å²) in [5.74, 6) is 1.55. The van der Waals surface area contributed by atoms with E-state index >= 15 is 0 Å². The van der Waals surface area contributed by atoms with E-state index in [1.165, 1.54) is 11.1 Å². The Morgan fingerprint density at radius 3 is 2.68 bits per heavy atom. The van der Waals surface area contributed by atoms with Crippen LogP contribution in [0, 0.1) is 13.8 Å². The summed E-state index contributed by atoms with van der Waals surface area (Å²) in [6, 6.07) is 8.34. The van der Waals surface area contributed by atoms with Crippen LogP contribution in [0.5, 0.6) is 0 Å². The maximum absolute atomic E-state index is 4.51. The molecule has 0 aliphatic carbocycles. The molecule has 1 N–H and O–H groups in total. The van der Waals surface area contributed by atoms with E-state index in [2.05, 4.69) is 52.2 Å². The Labute approximate surface area is 114 Å². The Hall–Kier alpha value is -2.10. The van der Waals surface area contributed by atoms with Gasteiger partial charge in [-0.1, -0.05) is 17.7 Å². The number of aryl methyl sites for hydroxylation is 2. The van der Waals surface area contributed by atoms with Gasteiger partial charge in [0.1, 0.15) is 5.82 Å². The van der Waals surface area contributed by atoms with E-state index in [0.29, 0.717) is 5.95 Å². The third-order valence-electron chi connectivity index (χ3n) is 3.03. The molecular formula is C15H20N4. The number of anilines is 3. The van der Waals surface area contributed by atoms with Crippen molar-refractivity contribution in [3.63, 3.8) is 0 Å². The number of hydrogen-bond donors (Lipinski definition) is 1. The summed E-state index contributed by atoms with van der Waals surface area (Å²) in [6.45, 7) is 7.07. The monoisotopic (exact) mass is 256 g/mol. The molecule has 19 heavy (non-hydrogen) atoms. The van der Waals surface area contributed by atoms with Gasteiger partial charge in [-0.2, -0.15) is 4.98 Å². The molecule has 0 bridgehead atoms. The van der Waals surface area contributed by atoms with Crippen LogP contribution in [-0.2, 0) is 0 Å². The molecule has 0 spiro atoms. The highest BCUT2D eigenvalue weighted by atomic mass is 15.2. The highest BCUT2D eigenvalue weighted by molar-refractivity contribution is 5.63. The van der Waals surface area contributed by atoms with Gasteiger partial charge in [-0.25, -0.2) is 4.98 Å². The molecule has 100 valence electrons. The van der Waals surface area contributed by atoms with Gasteiger partial charge in [0, 0.05) is 25.5 Å². The Kier molecular flexibility index (Phi) is 4.00. The molecule has 0 fully saturated rings. The van der Waals surface area contributed by atoms with Crippen molar-refractivity contribution in [1.29, 1.82) is 0 Å². The largest absolute Gasteiger partial charge is 0.354 e. The fourth-order valence-corrected chi connectivity index (χ4v) is 2.08. The third-order valence-corrected chi connectivity index (χ3v) is 3.03. The lowest BCUT2D eigenvalue weighted by atomic mass is 10.1. The molecule has 0 atom stereocenters. The standard InChI is InChI=1S/C15H20N4/c1-5-16-15-17-9-8-14(18-15)19(4)13-7-6-11(2)10-12(13)3/h6-10H,5H2,1-4H3,(H,16,17,18). The zero-order valence-electron chi connectivity index (χ0n) is 11.9. The molecule has 1 aromatic carbocycles. The second-order valence-corrected chi connectivity index (χ2v) is 4.62. The number of nitrogens with zero attached hydrogens (tertiary/aromatic N) is 3. The molecule has 1 heterocycles. The van der Waals surface area contributed by atoms with Gasteiger partial charge in [0.2, 0.25) is 5.95 Å². The lowest BCUT2D eigenvalue weighted by Crippen LogP contribution is -2.14. The first kappa shape index (κ1) is 13.3. The highest BCUT2D eigenvalue weighted by Gasteiger charge is 2.09. The molecular weight excluding hydrogens is 236 g/mol. The SMILES string of the molecule is CCNc1nccc(N(C)c2ccc(C)cc2C)n1. The molecule has 1 aromatic heterocycles. The van der Waals surface area contributed by atoms with Crippen LogP contribution < -0.4 is 10.2 Å². The summed E-state index contributed by atoms with van der Waals surface area (Å²) in [5, 5.41) is 3.13. The predicted molar refractivity (Wildman–Crippen MR) is 80.2 cm³/mol. The van der Waals surface area contributed by atoms with Crippen LogP contribution >= 0.6 is 0 Å². The summed E-state index contributed by atoms with van der Waals surface area (Å²) in [5.41, 5.74) is 3.67. The van der Waals surface area contributed by atoms with Crippen molar-refractivity contribution in [2.45, 2.75) is 20.8 Å². The van der Waals surface area contributed by atoms with Crippen LogP contribution in [0.3, 0.4) is 0 Å². The average molecular weight is 256 g/mol. The molecule has 0 saturated carbocycles. The van der Waals surface area contributed by atoms with Crippen molar-refractivity contribution in [3.05, 3.63) is 41.6 Å². The maximum atomic E-state index is 4.51. The van der Waals surface area contributed by atoms with Crippen LogP contribution in [0.1, 0.15) is 18.1 Å². The second-order valence-electron chi connectivity index (χ2n) is 4.62. The van der Waals surface area contributed by atoms with Crippen molar-refractivity contribution in [2.24, 2.45) is 0 Å². The summed E-state index contributed by atoms with van der Waals surface area (Å²) in [4.78, 5) is 10.8. The Morgan fingerprint density at radius 2 is 2.00 bits per heavy atom. The lowest BCUT2D eigenvalue weighted by Gasteiger charge is -2.21. The number of rotatable bonds is 4. The molecule has 0 aliphatic heterocycles. The fraction of sp³-hybridized carbons (Fsp3) is 0.333. The summed E-state index contributed by atoms with van der Waals surface area (Å²) in [7, 11) is 2.02. The van der Waals surface area contributed by atoms with Gasteiger partial charge in [0.15, 0.2) is 0 Å². The first-order valence-corrected chi connectivity index (χ1v) is 6.49. The molecule has 0 aliphatic rings. The van der Waals surface area contributed by atoms with E-state index in [1.54, 1.807) is 6.20 Å². The highest BCUT2D eigenvalue weighted by Crippen LogP contribution is 2.26. The van der Waals surface area contributed by atoms with Crippen molar-refractivity contribution >= 4 is 17.5 Å². The first-order chi connectivity index (χ1) is 9.11. The first-order valence-electron chi connectivity index (χ1n) is 6.49. The molecule has 2 aromatic rings. The molecule has 4 heteroatoms. The van der Waals surface area contributed by atoms with Crippen molar-refractivity contribution < 1.29 is 0 Å². The fourth-order valence-electron chi connectivity index (χ4n) is 2.08. The number of benzene rings is 1. The van der Waals surface area contributed by atoms with E-state index in [-0.39, 0.29) is 0 Å². The smallest absolute Gasteiger partial charge is 0.224 e. The average Bonchev–Trinajstić information content (AvgIpc) is 2.39. The number of hydrogen-bond acceptors (Lipinski definition) is 4. The quantitative estimate of drug-likeness (QED) is 0.911. The van der Waals surface area contributed by atoms with E-state index in [0.717, 1.165) is 18.1 Å². The predicted octanol–water partition coefficient (Wildman–Crippen LogP) is 3.29. The van der Waals surface area contributed by atoms with Gasteiger partial charge in [-0.15, -0.1) is 0 Å². The van der Waals surface area contributed by atoms with E-state index in [9.17, 15) is 0 Å². The lowest BCUT2D eigenvalue weighted by molar-refractivity contribution is 1.04. The Balaban J connectivity index is 2.32. The number of aromatic nitrogens is 2. The summed E-state index contributed by atoms with van der Waals surface area (Å²) < 4.78 is 0. The van der Waals surface area contributed by atoms with Gasteiger partial charge in [-0.05, 0) is 38.5 Å². The van der Waals surface area contributed by atoms with Crippen molar-refractivity contribution in [3.8, 4) is 0 Å². The zero-order chi connectivity index (χ0) is 13.8. The van der Waals surface area contributed by atoms with Gasteiger partial charge in [-0.3, -0.25) is 0 Å². The van der Waals surface area contributed by atoms with Crippen LogP contribution in [0.2, 0.25) is 0 Å². The van der Waals surface area contributed by atoms with Gasteiger partial charge in [0.05, 0.1) is 0 Å². The van der Waals surface area contributed by atoms with Crippen molar-refractivity contribution in [1.82, 2.24) is 9.97 Å². The van der Waals surface area contributed by atoms with E-state index in [1.807, 2.05) is 20.0 Å². The molecule has 0 radical (unpaired) electrons. The minimum absolute atomic E-state index is 0.664. The summed E-state index contributed by atoms with van der Waals surface area (Å²) in [6.07, 6.45) is 1.78. The maximum Gasteiger partial charge on any atom is 0.224 e. The minimum atomic E-state index is 0.664. The molecule has 4 nitrogen and oxygen atoms in total. The topological polar surface area (TPSA) is 41.1 Å². The van der Waals surface area contributed by atoms with Gasteiger partial charge < -0.3 is 10.2 Å². The zero-order valence-corrected chi connectivity index (χ0v) is 11.9. The van der Waals surface area contributed by atoms with Gasteiger partial charge >= 0.3 is 0 Å². The molecule has 0 amide bonds. The number of nitrogens with one attached hydrogen (secondary N) is 1. The Morgan fingerprint density at radius 1 is 1.21 bits per heavy atom. The second kappa shape index (κ2) is 5.69.